The quantitative estimate of drug-likeness (QED) is 0.498. The Kier molecular flexibility index (Phi) is 6.70. The van der Waals surface area contributed by atoms with Gasteiger partial charge in [-0.2, -0.15) is 5.26 Å². The van der Waals surface area contributed by atoms with Crippen LogP contribution in [0.1, 0.15) is 30.5 Å². The highest BCUT2D eigenvalue weighted by Crippen LogP contribution is 2.31. The smallest absolute Gasteiger partial charge is 0.276 e. The number of amides is 1. The van der Waals surface area contributed by atoms with Gasteiger partial charge in [-0.05, 0) is 55.9 Å². The van der Waals surface area contributed by atoms with Gasteiger partial charge in [0, 0.05) is 19.2 Å². The minimum Gasteiger partial charge on any atom is -0.490 e. The van der Waals surface area contributed by atoms with Crippen LogP contribution < -0.4 is 9.47 Å². The molecule has 0 bridgehead atoms. The van der Waals surface area contributed by atoms with Gasteiger partial charge in [0.1, 0.15) is 12.3 Å². The van der Waals surface area contributed by atoms with Crippen LogP contribution in [0.3, 0.4) is 0 Å². The van der Waals surface area contributed by atoms with Gasteiger partial charge >= 0.3 is 0 Å². The molecule has 0 spiro atoms. The molecule has 0 radical (unpaired) electrons. The summed E-state index contributed by atoms with van der Waals surface area (Å²) in [6.45, 7) is 5.04. The van der Waals surface area contributed by atoms with Crippen LogP contribution in [0.4, 0.5) is 0 Å². The Balaban J connectivity index is 1.86. The zero-order chi connectivity index (χ0) is 21.7. The van der Waals surface area contributed by atoms with Gasteiger partial charge in [0.05, 0.1) is 18.2 Å². The van der Waals surface area contributed by atoms with E-state index in [4.69, 9.17) is 21.7 Å². The van der Waals surface area contributed by atoms with Crippen molar-refractivity contribution in [3.63, 3.8) is 0 Å². The largest absolute Gasteiger partial charge is 0.490 e. The molecule has 1 aliphatic heterocycles. The number of carbonyl (C=O) groups excluding carboxylic acids is 1. The molecule has 3 rings (SSSR count). The maximum absolute atomic E-state index is 12.6. The number of nitrogens with zero attached hydrogens (tertiary/aromatic N) is 3. The summed E-state index contributed by atoms with van der Waals surface area (Å²) in [5.41, 5.74) is 2.70. The standard InChI is InChI=1S/C23H23N3O3S/c1-4-26-22(27)19(25(3)23(26)30)12-16-10-11-20(21(13-16)28-5-2)29-15-18-9-7-6-8-17(18)14-24/h6-13H,4-5,15H2,1-3H3/b19-12-. The molecule has 1 aliphatic rings. The van der Waals surface area contributed by atoms with E-state index in [-0.39, 0.29) is 12.5 Å². The van der Waals surface area contributed by atoms with Crippen molar-refractivity contribution in [2.45, 2.75) is 20.5 Å². The molecule has 0 N–H and O–H groups in total. The van der Waals surface area contributed by atoms with Crippen molar-refractivity contribution in [2.75, 3.05) is 20.2 Å². The first-order valence-electron chi connectivity index (χ1n) is 9.69. The molecule has 0 aromatic heterocycles. The number of benzene rings is 2. The summed E-state index contributed by atoms with van der Waals surface area (Å²) < 4.78 is 11.7. The number of rotatable bonds is 7. The topological polar surface area (TPSA) is 65.8 Å². The molecule has 2 aromatic carbocycles. The van der Waals surface area contributed by atoms with Gasteiger partial charge in [0.2, 0.25) is 0 Å². The number of hydrogen-bond donors (Lipinski definition) is 0. The molecule has 154 valence electrons. The fourth-order valence-corrected chi connectivity index (χ4v) is 3.47. The molecular formula is C23H23N3O3S. The Labute approximate surface area is 181 Å². The fourth-order valence-electron chi connectivity index (χ4n) is 3.16. The molecule has 1 heterocycles. The van der Waals surface area contributed by atoms with Crippen LogP contribution in [0.25, 0.3) is 6.08 Å². The van der Waals surface area contributed by atoms with E-state index in [1.54, 1.807) is 29.0 Å². The van der Waals surface area contributed by atoms with Gasteiger partial charge in [-0.1, -0.05) is 24.3 Å². The Morgan fingerprint density at radius 3 is 2.57 bits per heavy atom. The van der Waals surface area contributed by atoms with E-state index in [0.717, 1.165) is 11.1 Å². The summed E-state index contributed by atoms with van der Waals surface area (Å²) in [6.07, 6.45) is 1.79. The molecule has 1 saturated heterocycles. The van der Waals surface area contributed by atoms with E-state index in [0.29, 0.717) is 41.0 Å². The van der Waals surface area contributed by atoms with Gasteiger partial charge in [-0.25, -0.2) is 0 Å². The third kappa shape index (κ3) is 4.29. The number of thiocarbonyl (C=S) groups is 1. The number of ether oxygens (including phenoxy) is 2. The maximum atomic E-state index is 12.6. The van der Waals surface area contributed by atoms with E-state index < -0.39 is 0 Å². The van der Waals surface area contributed by atoms with Gasteiger partial charge in [0.15, 0.2) is 16.6 Å². The first-order chi connectivity index (χ1) is 14.5. The predicted molar refractivity (Wildman–Crippen MR) is 119 cm³/mol. The third-order valence-electron chi connectivity index (χ3n) is 4.75. The lowest BCUT2D eigenvalue weighted by Gasteiger charge is -2.14. The number of carbonyl (C=O) groups is 1. The van der Waals surface area contributed by atoms with Crippen LogP contribution in [0, 0.1) is 11.3 Å². The van der Waals surface area contributed by atoms with Crippen LogP contribution in [0.15, 0.2) is 48.2 Å². The molecule has 2 aromatic rings. The molecule has 30 heavy (non-hydrogen) atoms. The number of hydrogen-bond acceptors (Lipinski definition) is 5. The highest BCUT2D eigenvalue weighted by Gasteiger charge is 2.34. The number of likely N-dealkylation sites (N-methyl/N-ethyl adjacent to an activating group) is 2. The lowest BCUT2D eigenvalue weighted by atomic mass is 10.1. The molecule has 6 nitrogen and oxygen atoms in total. The Morgan fingerprint density at radius 2 is 1.90 bits per heavy atom. The zero-order valence-electron chi connectivity index (χ0n) is 17.2. The molecular weight excluding hydrogens is 398 g/mol. The molecule has 0 atom stereocenters. The normalized spacial score (nSPS) is 14.9. The first-order valence-corrected chi connectivity index (χ1v) is 10.1. The SMILES string of the molecule is CCOc1cc(/C=C2/C(=O)N(CC)C(=S)N2C)ccc1OCc1ccccc1C#N. The summed E-state index contributed by atoms with van der Waals surface area (Å²) >= 11 is 5.34. The highest BCUT2D eigenvalue weighted by molar-refractivity contribution is 7.80. The Hall–Kier alpha value is -3.37. The first kappa shape index (κ1) is 21.3. The van der Waals surface area contributed by atoms with Crippen LogP contribution in [-0.2, 0) is 11.4 Å². The van der Waals surface area contributed by atoms with Crippen molar-refractivity contribution in [2.24, 2.45) is 0 Å². The Morgan fingerprint density at radius 1 is 1.13 bits per heavy atom. The minimum atomic E-state index is -0.114. The van der Waals surface area contributed by atoms with Crippen molar-refractivity contribution < 1.29 is 14.3 Å². The van der Waals surface area contributed by atoms with E-state index in [2.05, 4.69) is 6.07 Å². The maximum Gasteiger partial charge on any atom is 0.276 e. The fraction of sp³-hybridized carbons (Fsp3) is 0.261. The summed E-state index contributed by atoms with van der Waals surface area (Å²) in [5.74, 6) is 1.03. The summed E-state index contributed by atoms with van der Waals surface area (Å²) in [6, 6.07) is 15.0. The lowest BCUT2D eigenvalue weighted by molar-refractivity contribution is -0.122. The van der Waals surface area contributed by atoms with Gasteiger partial charge in [-0.3, -0.25) is 9.69 Å². The molecule has 0 unspecified atom stereocenters. The summed E-state index contributed by atoms with van der Waals surface area (Å²) in [5, 5.41) is 9.74. The second kappa shape index (κ2) is 9.42. The third-order valence-corrected chi connectivity index (χ3v) is 5.25. The average molecular weight is 422 g/mol. The Bertz CT molecular complexity index is 1040. The van der Waals surface area contributed by atoms with Crippen molar-refractivity contribution in [3.8, 4) is 17.6 Å². The predicted octanol–water partition coefficient (Wildman–Crippen LogP) is 3.96. The van der Waals surface area contributed by atoms with Crippen LogP contribution in [-0.4, -0.2) is 41.0 Å². The van der Waals surface area contributed by atoms with Gasteiger partial charge in [0.25, 0.3) is 5.91 Å². The van der Waals surface area contributed by atoms with Crippen molar-refractivity contribution in [1.82, 2.24) is 9.80 Å². The highest BCUT2D eigenvalue weighted by atomic mass is 32.1. The van der Waals surface area contributed by atoms with Crippen LogP contribution in [0.2, 0.25) is 0 Å². The minimum absolute atomic E-state index is 0.114. The summed E-state index contributed by atoms with van der Waals surface area (Å²) in [7, 11) is 1.79. The van der Waals surface area contributed by atoms with E-state index in [9.17, 15) is 10.1 Å². The molecule has 1 amide bonds. The lowest BCUT2D eigenvalue weighted by Crippen LogP contribution is -2.30. The van der Waals surface area contributed by atoms with Crippen molar-refractivity contribution in [1.29, 1.82) is 5.26 Å². The van der Waals surface area contributed by atoms with E-state index in [1.807, 2.05) is 50.2 Å². The van der Waals surface area contributed by atoms with Crippen LogP contribution >= 0.6 is 12.2 Å². The molecule has 0 saturated carbocycles. The molecule has 7 heteroatoms. The van der Waals surface area contributed by atoms with E-state index in [1.165, 1.54) is 0 Å². The van der Waals surface area contributed by atoms with Crippen molar-refractivity contribution >= 4 is 29.3 Å². The summed E-state index contributed by atoms with van der Waals surface area (Å²) in [4.78, 5) is 15.9. The monoisotopic (exact) mass is 421 g/mol. The molecule has 1 fully saturated rings. The van der Waals surface area contributed by atoms with Crippen molar-refractivity contribution in [3.05, 3.63) is 64.9 Å². The average Bonchev–Trinajstić information content (AvgIpc) is 2.96. The van der Waals surface area contributed by atoms with E-state index >= 15 is 0 Å². The number of nitriles is 1. The second-order valence-electron chi connectivity index (χ2n) is 6.62. The zero-order valence-corrected chi connectivity index (χ0v) is 18.0. The second-order valence-corrected chi connectivity index (χ2v) is 6.98. The van der Waals surface area contributed by atoms with Gasteiger partial charge < -0.3 is 14.4 Å². The van der Waals surface area contributed by atoms with Gasteiger partial charge in [-0.15, -0.1) is 0 Å². The van der Waals surface area contributed by atoms with Crippen LogP contribution in [0.5, 0.6) is 11.5 Å². The molecule has 0 aliphatic carbocycles.